The summed E-state index contributed by atoms with van der Waals surface area (Å²) in [5.74, 6) is -6.06. The molecule has 0 bridgehead atoms. The molecule has 1 saturated carbocycles. The molecule has 2 saturated heterocycles. The molecule has 0 aromatic heterocycles. The van der Waals surface area contributed by atoms with Crippen molar-refractivity contribution < 1.29 is 38.9 Å². The van der Waals surface area contributed by atoms with Crippen LogP contribution in [0.25, 0.3) is 0 Å². The molecule has 0 spiro atoms. The first-order valence-electron chi connectivity index (χ1n) is 14.3. The molecule has 2 heterocycles. The Hall–Kier alpha value is -3.99. The summed E-state index contributed by atoms with van der Waals surface area (Å²) in [5, 5.41) is 20.5. The highest BCUT2D eigenvalue weighted by Crippen LogP contribution is 2.65. The van der Waals surface area contributed by atoms with Gasteiger partial charge >= 0.3 is 5.97 Å². The minimum absolute atomic E-state index is 0.00636. The van der Waals surface area contributed by atoms with Gasteiger partial charge in [-0.1, -0.05) is 45.8 Å². The molecule has 6 rings (SSSR count). The van der Waals surface area contributed by atoms with E-state index in [1.165, 1.54) is 12.0 Å². The number of allylic oxidation sites excluding steroid dienone is 2. The predicted octanol–water partition coefficient (Wildman–Crippen LogP) is 4.26. The molecule has 224 valence electrons. The van der Waals surface area contributed by atoms with Crippen LogP contribution in [0.15, 0.2) is 58.6 Å². The van der Waals surface area contributed by atoms with Gasteiger partial charge in [0.1, 0.15) is 0 Å². The first kappa shape index (κ1) is 29.1. The third-order valence-electron chi connectivity index (χ3n) is 9.75. The normalized spacial score (nSPS) is 29.7. The molecule has 2 N–H and O–H groups in total. The monoisotopic (exact) mass is 650 g/mol. The van der Waals surface area contributed by atoms with Gasteiger partial charge in [0, 0.05) is 28.9 Å². The van der Waals surface area contributed by atoms with Gasteiger partial charge in [-0.15, -0.1) is 0 Å². The number of hydrogen-bond acceptors (Lipinski definition) is 7. The fourth-order valence-electron chi connectivity index (χ4n) is 7.83. The van der Waals surface area contributed by atoms with Gasteiger partial charge in [-0.3, -0.25) is 28.9 Å². The molecule has 6 atom stereocenters. The highest BCUT2D eigenvalue weighted by Gasteiger charge is 2.68. The van der Waals surface area contributed by atoms with Gasteiger partial charge in [0.05, 0.1) is 36.0 Å². The number of imide groups is 2. The van der Waals surface area contributed by atoms with Gasteiger partial charge in [-0.2, -0.15) is 0 Å². The number of para-hydroxylation sites is 1. The number of methoxy groups -OCH3 is 1. The van der Waals surface area contributed by atoms with E-state index in [9.17, 15) is 29.1 Å². The molecular weight excluding hydrogens is 620 g/mol. The van der Waals surface area contributed by atoms with Crippen LogP contribution < -0.4 is 9.64 Å². The molecule has 2 aliphatic carbocycles. The number of halogens is 1. The van der Waals surface area contributed by atoms with Crippen LogP contribution in [0.4, 0.5) is 5.69 Å². The van der Waals surface area contributed by atoms with Crippen LogP contribution in [0.5, 0.6) is 11.5 Å². The Morgan fingerprint density at radius 3 is 2.47 bits per heavy atom. The van der Waals surface area contributed by atoms with Crippen LogP contribution in [0, 0.1) is 29.1 Å². The van der Waals surface area contributed by atoms with Crippen LogP contribution in [0.2, 0.25) is 0 Å². The van der Waals surface area contributed by atoms with E-state index in [4.69, 9.17) is 9.84 Å². The Morgan fingerprint density at radius 1 is 1.07 bits per heavy atom. The van der Waals surface area contributed by atoms with E-state index < -0.39 is 46.9 Å². The van der Waals surface area contributed by atoms with Crippen molar-refractivity contribution >= 4 is 51.2 Å². The summed E-state index contributed by atoms with van der Waals surface area (Å²) in [6, 6.07) is 12.0. The number of rotatable bonds is 7. The molecule has 4 amide bonds. The van der Waals surface area contributed by atoms with Crippen LogP contribution in [-0.4, -0.2) is 58.4 Å². The SMILES string of the molecule is COc1cc(Br)cc(C2C3=CCC4C(=O)N(CCCC(=O)O)C(=O)C4C3CC3C(=O)N(c4ccccc4)C(=O)C32C)c1O. The number of likely N-dealkylation sites (tertiary alicyclic amines) is 1. The van der Waals surface area contributed by atoms with E-state index in [2.05, 4.69) is 15.9 Å². The van der Waals surface area contributed by atoms with Crippen molar-refractivity contribution in [3.05, 3.63) is 64.1 Å². The second kappa shape index (κ2) is 10.6. The lowest BCUT2D eigenvalue weighted by Gasteiger charge is -2.49. The quantitative estimate of drug-likeness (QED) is 0.334. The Bertz CT molecular complexity index is 1590. The minimum atomic E-state index is -1.31. The molecule has 11 heteroatoms. The second-order valence-electron chi connectivity index (χ2n) is 11.9. The van der Waals surface area contributed by atoms with Crippen LogP contribution >= 0.6 is 15.9 Å². The third kappa shape index (κ3) is 4.30. The maximum atomic E-state index is 14.4. The zero-order valence-electron chi connectivity index (χ0n) is 23.7. The largest absolute Gasteiger partial charge is 0.504 e. The number of carbonyl (C=O) groups is 5. The highest BCUT2D eigenvalue weighted by molar-refractivity contribution is 9.10. The van der Waals surface area contributed by atoms with Crippen LogP contribution in [0.1, 0.15) is 44.1 Å². The summed E-state index contributed by atoms with van der Waals surface area (Å²) >= 11 is 3.49. The van der Waals surface area contributed by atoms with E-state index in [0.717, 1.165) is 10.5 Å². The number of phenolic OH excluding ortho intramolecular Hbond substituents is 1. The molecule has 3 fully saturated rings. The zero-order chi connectivity index (χ0) is 30.8. The number of phenols is 1. The molecule has 4 aliphatic rings. The smallest absolute Gasteiger partial charge is 0.303 e. The lowest BCUT2D eigenvalue weighted by Crippen LogP contribution is -2.49. The highest BCUT2D eigenvalue weighted by atomic mass is 79.9. The summed E-state index contributed by atoms with van der Waals surface area (Å²) in [5.41, 5.74) is 0.256. The molecule has 6 unspecified atom stereocenters. The number of amides is 4. The van der Waals surface area contributed by atoms with E-state index >= 15 is 0 Å². The maximum Gasteiger partial charge on any atom is 0.303 e. The van der Waals surface area contributed by atoms with Crippen molar-refractivity contribution in [2.75, 3.05) is 18.6 Å². The van der Waals surface area contributed by atoms with Crippen molar-refractivity contribution in [3.8, 4) is 11.5 Å². The Kier molecular flexibility index (Phi) is 7.19. The van der Waals surface area contributed by atoms with Gasteiger partial charge in [0.15, 0.2) is 11.5 Å². The zero-order valence-corrected chi connectivity index (χ0v) is 25.2. The van der Waals surface area contributed by atoms with Gasteiger partial charge < -0.3 is 14.9 Å². The van der Waals surface area contributed by atoms with Gasteiger partial charge in [0.25, 0.3) is 0 Å². The van der Waals surface area contributed by atoms with Crippen LogP contribution in [0.3, 0.4) is 0 Å². The van der Waals surface area contributed by atoms with Crippen molar-refractivity contribution in [2.24, 2.45) is 29.1 Å². The average Bonchev–Trinajstić information content (AvgIpc) is 3.34. The number of carbonyl (C=O) groups excluding carboxylic acids is 4. The third-order valence-corrected chi connectivity index (χ3v) is 10.2. The topological polar surface area (TPSA) is 142 Å². The van der Waals surface area contributed by atoms with Crippen molar-refractivity contribution in [2.45, 2.75) is 38.5 Å². The fraction of sp³-hybridized carbons (Fsp3) is 0.406. The number of fused-ring (bicyclic) bond motifs is 4. The lowest BCUT2D eigenvalue weighted by molar-refractivity contribution is -0.142. The molecule has 2 aliphatic heterocycles. The summed E-state index contributed by atoms with van der Waals surface area (Å²) in [6.45, 7) is 1.76. The molecule has 2 aromatic carbocycles. The van der Waals surface area contributed by atoms with Crippen molar-refractivity contribution in [1.29, 1.82) is 0 Å². The standard InChI is InChI=1S/C32H31BrN2O8/c1-32-22(29(40)35(31(32)42)17-7-4-3-5-8-17)15-20-18(26(32)21-13-16(33)14-23(43-2)27(21)38)10-11-19-25(20)30(41)34(28(19)39)12-6-9-24(36)37/h3-5,7-8,10,13-14,19-20,22,25-26,38H,6,9,11-12,15H2,1-2H3,(H,36,37). The predicted molar refractivity (Wildman–Crippen MR) is 157 cm³/mol. The molecule has 2 aromatic rings. The number of benzene rings is 2. The summed E-state index contributed by atoms with van der Waals surface area (Å²) in [4.78, 5) is 69.3. The van der Waals surface area contributed by atoms with Crippen LogP contribution in [-0.2, 0) is 24.0 Å². The number of nitrogens with zero attached hydrogens (tertiary/aromatic N) is 2. The number of ether oxygens (including phenoxy) is 1. The Labute approximate surface area is 256 Å². The second-order valence-corrected chi connectivity index (χ2v) is 12.8. The number of anilines is 1. The van der Waals surface area contributed by atoms with Crippen molar-refractivity contribution in [3.63, 3.8) is 0 Å². The summed E-state index contributed by atoms with van der Waals surface area (Å²) < 4.78 is 6.04. The minimum Gasteiger partial charge on any atom is -0.504 e. The Balaban J connectivity index is 1.49. The number of aliphatic carboxylic acids is 1. The Morgan fingerprint density at radius 2 is 1.79 bits per heavy atom. The number of carboxylic acid groups (broad SMARTS) is 1. The van der Waals surface area contributed by atoms with E-state index in [0.29, 0.717) is 15.7 Å². The van der Waals surface area contributed by atoms with Crippen molar-refractivity contribution in [1.82, 2.24) is 4.90 Å². The number of carboxylic acids is 1. The number of aromatic hydroxyl groups is 1. The van der Waals surface area contributed by atoms with Gasteiger partial charge in [0.2, 0.25) is 23.6 Å². The first-order valence-corrected chi connectivity index (χ1v) is 15.1. The van der Waals surface area contributed by atoms with E-state index in [1.807, 2.05) is 6.08 Å². The molecule has 10 nitrogen and oxygen atoms in total. The molecule has 43 heavy (non-hydrogen) atoms. The summed E-state index contributed by atoms with van der Waals surface area (Å²) in [7, 11) is 1.42. The molecular formula is C32H31BrN2O8. The maximum absolute atomic E-state index is 14.4. The first-order chi connectivity index (χ1) is 20.5. The average molecular weight is 652 g/mol. The lowest BCUT2D eigenvalue weighted by atomic mass is 9.51. The molecule has 0 radical (unpaired) electrons. The van der Waals surface area contributed by atoms with Gasteiger partial charge in [-0.05, 0) is 56.4 Å². The fourth-order valence-corrected chi connectivity index (χ4v) is 8.28. The van der Waals surface area contributed by atoms with Gasteiger partial charge in [-0.25, -0.2) is 4.90 Å². The summed E-state index contributed by atoms with van der Waals surface area (Å²) in [6.07, 6.45) is 2.31. The number of hydrogen-bond donors (Lipinski definition) is 2. The van der Waals surface area contributed by atoms with E-state index in [-0.39, 0.29) is 61.4 Å². The van der Waals surface area contributed by atoms with E-state index in [1.54, 1.807) is 49.4 Å².